The lowest BCUT2D eigenvalue weighted by molar-refractivity contribution is -0.206. The van der Waals surface area contributed by atoms with E-state index in [1.165, 1.54) is 25.7 Å². The van der Waals surface area contributed by atoms with Gasteiger partial charge < -0.3 is 9.47 Å². The summed E-state index contributed by atoms with van der Waals surface area (Å²) in [6, 6.07) is 16.2. The SMILES string of the molecule is CCCCCC1COC(c2ccc(-c3ccc(-c4ncc(CCCC)c(F)n4)cc3)cc2)OC1. The van der Waals surface area contributed by atoms with Gasteiger partial charge in [0.2, 0.25) is 5.95 Å². The maximum absolute atomic E-state index is 14.3. The molecule has 34 heavy (non-hydrogen) atoms. The Labute approximate surface area is 202 Å². The molecule has 180 valence electrons. The number of aromatic nitrogens is 2. The Bertz CT molecular complexity index is 1030. The van der Waals surface area contributed by atoms with E-state index in [4.69, 9.17) is 9.47 Å². The second-order valence-electron chi connectivity index (χ2n) is 9.17. The highest BCUT2D eigenvalue weighted by molar-refractivity contribution is 5.67. The van der Waals surface area contributed by atoms with Crippen LogP contribution in [0, 0.1) is 11.9 Å². The molecule has 0 bridgehead atoms. The Morgan fingerprint density at radius 3 is 2.06 bits per heavy atom. The van der Waals surface area contributed by atoms with Crippen LogP contribution in [0.25, 0.3) is 22.5 Å². The van der Waals surface area contributed by atoms with Crippen LogP contribution in [0.1, 0.15) is 69.8 Å². The quantitative estimate of drug-likeness (QED) is 0.231. The summed E-state index contributed by atoms with van der Waals surface area (Å²) in [6.45, 7) is 5.84. The second kappa shape index (κ2) is 12.2. The minimum Gasteiger partial charge on any atom is -0.348 e. The van der Waals surface area contributed by atoms with Crippen molar-refractivity contribution in [3.8, 4) is 22.5 Å². The van der Waals surface area contributed by atoms with E-state index >= 15 is 0 Å². The van der Waals surface area contributed by atoms with E-state index in [9.17, 15) is 4.39 Å². The average molecular weight is 463 g/mol. The van der Waals surface area contributed by atoms with Gasteiger partial charge in [-0.15, -0.1) is 0 Å². The predicted molar refractivity (Wildman–Crippen MR) is 134 cm³/mol. The molecule has 3 aromatic rings. The van der Waals surface area contributed by atoms with Gasteiger partial charge in [0.1, 0.15) is 0 Å². The van der Waals surface area contributed by atoms with Gasteiger partial charge in [0.25, 0.3) is 0 Å². The number of aryl methyl sites for hydroxylation is 1. The molecule has 4 nitrogen and oxygen atoms in total. The van der Waals surface area contributed by atoms with Crippen LogP contribution in [0.5, 0.6) is 0 Å². The predicted octanol–water partition coefficient (Wildman–Crippen LogP) is 7.53. The monoisotopic (exact) mass is 462 g/mol. The summed E-state index contributed by atoms with van der Waals surface area (Å²) in [6.07, 6.45) is 8.90. The minimum absolute atomic E-state index is 0.286. The number of hydrogen-bond donors (Lipinski definition) is 0. The molecule has 0 radical (unpaired) electrons. The van der Waals surface area contributed by atoms with Gasteiger partial charge in [0, 0.05) is 28.8 Å². The number of hydrogen-bond acceptors (Lipinski definition) is 4. The van der Waals surface area contributed by atoms with Gasteiger partial charge in [0.15, 0.2) is 12.1 Å². The van der Waals surface area contributed by atoms with Gasteiger partial charge in [-0.3, -0.25) is 0 Å². The number of nitrogens with zero attached hydrogens (tertiary/aromatic N) is 2. The van der Waals surface area contributed by atoms with Gasteiger partial charge in [-0.25, -0.2) is 4.98 Å². The first kappa shape index (κ1) is 24.5. The summed E-state index contributed by atoms with van der Waals surface area (Å²) in [5.41, 5.74) is 4.61. The van der Waals surface area contributed by atoms with Crippen molar-refractivity contribution < 1.29 is 13.9 Å². The molecule has 1 aliphatic heterocycles. The number of ether oxygens (including phenoxy) is 2. The molecule has 0 unspecified atom stereocenters. The van der Waals surface area contributed by atoms with Crippen LogP contribution >= 0.6 is 0 Å². The number of benzene rings is 2. The molecule has 0 spiro atoms. The van der Waals surface area contributed by atoms with Crippen molar-refractivity contribution in [3.63, 3.8) is 0 Å². The lowest BCUT2D eigenvalue weighted by Crippen LogP contribution is -2.27. The normalized spacial score (nSPS) is 18.2. The van der Waals surface area contributed by atoms with Crippen LogP contribution in [0.15, 0.2) is 54.7 Å². The summed E-state index contributed by atoms with van der Waals surface area (Å²) in [4.78, 5) is 8.46. The summed E-state index contributed by atoms with van der Waals surface area (Å²) in [7, 11) is 0. The molecule has 1 aromatic heterocycles. The van der Waals surface area contributed by atoms with Crippen molar-refractivity contribution in [3.05, 3.63) is 71.8 Å². The Balaban J connectivity index is 1.36. The first-order chi connectivity index (χ1) is 16.7. The van der Waals surface area contributed by atoms with E-state index in [1.54, 1.807) is 6.20 Å². The van der Waals surface area contributed by atoms with E-state index < -0.39 is 5.95 Å². The number of rotatable bonds is 10. The summed E-state index contributed by atoms with van der Waals surface area (Å²) < 4.78 is 26.3. The second-order valence-corrected chi connectivity index (χ2v) is 9.17. The lowest BCUT2D eigenvalue weighted by atomic mass is 10.0. The molecule has 1 aliphatic rings. The molecular formula is C29H35FN2O2. The van der Waals surface area contributed by atoms with Gasteiger partial charge in [-0.05, 0) is 30.4 Å². The molecule has 4 rings (SSSR count). The van der Waals surface area contributed by atoms with Crippen LogP contribution in [0.4, 0.5) is 4.39 Å². The molecule has 0 atom stereocenters. The van der Waals surface area contributed by atoms with Gasteiger partial charge in [-0.2, -0.15) is 9.37 Å². The third-order valence-corrected chi connectivity index (χ3v) is 6.45. The van der Waals surface area contributed by atoms with Gasteiger partial charge in [0.05, 0.1) is 13.2 Å². The Morgan fingerprint density at radius 2 is 1.44 bits per heavy atom. The Kier molecular flexibility index (Phi) is 8.78. The standard InChI is InChI=1S/C29H35FN2O2/c1-3-5-7-8-21-19-33-29(34-20-21)25-16-12-23(13-17-25)22-10-14-24(15-11-22)28-31-18-26(9-6-4-2)27(30)32-28/h10-18,21,29H,3-9,19-20H2,1-2H3. The van der Waals surface area contributed by atoms with E-state index in [0.29, 0.717) is 23.7 Å². The summed E-state index contributed by atoms with van der Waals surface area (Å²) in [5.74, 6) is 0.502. The third kappa shape index (κ3) is 6.28. The maximum atomic E-state index is 14.3. The molecule has 0 amide bonds. The largest absolute Gasteiger partial charge is 0.348 e. The van der Waals surface area contributed by atoms with Crippen molar-refractivity contribution in [2.45, 2.75) is 65.1 Å². The molecule has 1 fully saturated rings. The summed E-state index contributed by atoms with van der Waals surface area (Å²) >= 11 is 0. The fourth-order valence-electron chi connectivity index (χ4n) is 4.29. The van der Waals surface area contributed by atoms with E-state index in [2.05, 4.69) is 48.1 Å². The zero-order valence-electron chi connectivity index (χ0n) is 20.3. The fraction of sp³-hybridized carbons (Fsp3) is 0.448. The van der Waals surface area contributed by atoms with Crippen molar-refractivity contribution >= 4 is 0 Å². The van der Waals surface area contributed by atoms with Crippen LogP contribution in [-0.4, -0.2) is 23.2 Å². The molecular weight excluding hydrogens is 427 g/mol. The average Bonchev–Trinajstić information content (AvgIpc) is 2.89. The molecule has 1 saturated heterocycles. The van der Waals surface area contributed by atoms with Crippen molar-refractivity contribution in [2.75, 3.05) is 13.2 Å². The van der Waals surface area contributed by atoms with E-state index in [1.807, 2.05) is 24.3 Å². The van der Waals surface area contributed by atoms with Gasteiger partial charge in [-0.1, -0.05) is 88.1 Å². The van der Waals surface area contributed by atoms with Crippen LogP contribution in [-0.2, 0) is 15.9 Å². The number of halogens is 1. The molecule has 2 aromatic carbocycles. The fourth-order valence-corrected chi connectivity index (χ4v) is 4.29. The highest BCUT2D eigenvalue weighted by Crippen LogP contribution is 2.30. The van der Waals surface area contributed by atoms with Crippen molar-refractivity contribution in [2.24, 2.45) is 5.92 Å². The smallest absolute Gasteiger partial charge is 0.219 e. The maximum Gasteiger partial charge on any atom is 0.219 e. The molecule has 5 heteroatoms. The zero-order chi connectivity index (χ0) is 23.8. The zero-order valence-corrected chi connectivity index (χ0v) is 20.3. The first-order valence-electron chi connectivity index (χ1n) is 12.6. The van der Waals surface area contributed by atoms with Crippen molar-refractivity contribution in [1.29, 1.82) is 0 Å². The van der Waals surface area contributed by atoms with Crippen molar-refractivity contribution in [1.82, 2.24) is 9.97 Å². The molecule has 0 aliphatic carbocycles. The van der Waals surface area contributed by atoms with Crippen LogP contribution < -0.4 is 0 Å². The molecule has 0 saturated carbocycles. The molecule has 2 heterocycles. The van der Waals surface area contributed by atoms with Gasteiger partial charge >= 0.3 is 0 Å². The summed E-state index contributed by atoms with van der Waals surface area (Å²) in [5, 5.41) is 0. The number of unbranched alkanes of at least 4 members (excludes halogenated alkanes) is 3. The first-order valence-corrected chi connectivity index (χ1v) is 12.6. The van der Waals surface area contributed by atoms with Crippen LogP contribution in [0.2, 0.25) is 0 Å². The third-order valence-electron chi connectivity index (χ3n) is 6.45. The van der Waals surface area contributed by atoms with Crippen LogP contribution in [0.3, 0.4) is 0 Å². The topological polar surface area (TPSA) is 44.2 Å². The van der Waals surface area contributed by atoms with E-state index in [-0.39, 0.29) is 6.29 Å². The lowest BCUT2D eigenvalue weighted by Gasteiger charge is -2.29. The highest BCUT2D eigenvalue weighted by atomic mass is 19.1. The Morgan fingerprint density at radius 1 is 0.824 bits per heavy atom. The highest BCUT2D eigenvalue weighted by Gasteiger charge is 2.23. The Hall–Kier alpha value is -2.63. The minimum atomic E-state index is -0.419. The van der Waals surface area contributed by atoms with E-state index in [0.717, 1.165) is 48.3 Å². The molecule has 0 N–H and O–H groups in total.